The molecular weight excluding hydrogens is 322 g/mol. The average molecular weight is 346 g/mol. The quantitative estimate of drug-likeness (QED) is 0.562. The third kappa shape index (κ3) is 5.00. The molecular formula is C20H24ClNO2. The predicted octanol–water partition coefficient (Wildman–Crippen LogP) is 5.84. The summed E-state index contributed by atoms with van der Waals surface area (Å²) >= 11 is 6.36. The summed E-state index contributed by atoms with van der Waals surface area (Å²) < 4.78 is 11.4. The average Bonchev–Trinajstić information content (AvgIpc) is 2.60. The van der Waals surface area contributed by atoms with Crippen LogP contribution in [-0.2, 0) is 6.42 Å². The van der Waals surface area contributed by atoms with Gasteiger partial charge in [0.15, 0.2) is 11.5 Å². The van der Waals surface area contributed by atoms with Crippen LogP contribution in [0.1, 0.15) is 38.3 Å². The Hall–Kier alpha value is -2.00. The highest BCUT2D eigenvalue weighted by molar-refractivity contribution is 6.32. The molecule has 0 spiro atoms. The van der Waals surface area contributed by atoms with Crippen molar-refractivity contribution in [2.24, 2.45) is 4.99 Å². The van der Waals surface area contributed by atoms with E-state index in [1.807, 2.05) is 31.2 Å². The van der Waals surface area contributed by atoms with E-state index < -0.39 is 0 Å². The Bertz CT molecular complexity index is 681. The second-order valence-corrected chi connectivity index (χ2v) is 5.80. The highest BCUT2D eigenvalue weighted by Gasteiger charge is 2.11. The number of ether oxygens (including phenoxy) is 2. The van der Waals surface area contributed by atoms with Crippen molar-refractivity contribution >= 4 is 23.5 Å². The van der Waals surface area contributed by atoms with Gasteiger partial charge in [0.1, 0.15) is 0 Å². The predicted molar refractivity (Wildman–Crippen MR) is 101 cm³/mol. The molecule has 3 nitrogen and oxygen atoms in total. The molecule has 0 atom stereocenters. The molecule has 4 heteroatoms. The fraction of sp³-hybridized carbons (Fsp3) is 0.350. The van der Waals surface area contributed by atoms with Crippen LogP contribution in [0.25, 0.3) is 0 Å². The van der Waals surface area contributed by atoms with E-state index in [1.165, 1.54) is 5.56 Å². The van der Waals surface area contributed by atoms with Crippen molar-refractivity contribution in [2.75, 3.05) is 13.2 Å². The number of hydrogen-bond donors (Lipinski definition) is 0. The summed E-state index contributed by atoms with van der Waals surface area (Å²) in [5.74, 6) is 1.26. The van der Waals surface area contributed by atoms with Crippen molar-refractivity contribution in [3.05, 3.63) is 52.5 Å². The SMILES string of the molecule is CCCOc1c(Cl)cc(C=Nc2ccc(CC)cc2)cc1OCC. The summed E-state index contributed by atoms with van der Waals surface area (Å²) in [5, 5.41) is 0.539. The molecule has 0 heterocycles. The third-order valence-corrected chi connectivity index (χ3v) is 3.77. The Labute approximate surface area is 149 Å². The molecule has 0 aromatic heterocycles. The van der Waals surface area contributed by atoms with Crippen LogP contribution in [0.2, 0.25) is 5.02 Å². The third-order valence-electron chi connectivity index (χ3n) is 3.49. The molecule has 0 radical (unpaired) electrons. The second kappa shape index (κ2) is 9.33. The number of halogens is 1. The van der Waals surface area contributed by atoms with Crippen molar-refractivity contribution in [1.29, 1.82) is 0 Å². The van der Waals surface area contributed by atoms with E-state index in [1.54, 1.807) is 6.21 Å². The Morgan fingerprint density at radius 3 is 2.42 bits per heavy atom. The number of hydrogen-bond acceptors (Lipinski definition) is 3. The summed E-state index contributed by atoms with van der Waals surface area (Å²) in [4.78, 5) is 4.51. The molecule has 2 aromatic rings. The van der Waals surface area contributed by atoms with Gasteiger partial charge in [0, 0.05) is 6.21 Å². The van der Waals surface area contributed by atoms with Crippen molar-refractivity contribution < 1.29 is 9.47 Å². The fourth-order valence-electron chi connectivity index (χ4n) is 2.24. The van der Waals surface area contributed by atoms with Gasteiger partial charge in [0.2, 0.25) is 0 Å². The molecule has 0 N–H and O–H groups in total. The standard InChI is InChI=1S/C20H24ClNO2/c1-4-11-24-20-18(21)12-16(13-19(20)23-6-3)14-22-17-9-7-15(5-2)8-10-17/h7-10,12-14H,4-6,11H2,1-3H3. The van der Waals surface area contributed by atoms with Crippen molar-refractivity contribution in [3.8, 4) is 11.5 Å². The molecule has 24 heavy (non-hydrogen) atoms. The van der Waals surface area contributed by atoms with Crippen LogP contribution >= 0.6 is 11.6 Å². The maximum absolute atomic E-state index is 6.36. The lowest BCUT2D eigenvalue weighted by atomic mass is 10.1. The van der Waals surface area contributed by atoms with E-state index >= 15 is 0 Å². The molecule has 0 aliphatic carbocycles. The van der Waals surface area contributed by atoms with Gasteiger partial charge in [0.25, 0.3) is 0 Å². The van der Waals surface area contributed by atoms with Crippen LogP contribution in [0.5, 0.6) is 11.5 Å². The molecule has 0 aliphatic heterocycles. The molecule has 0 amide bonds. The van der Waals surface area contributed by atoms with E-state index in [2.05, 4.69) is 31.0 Å². The maximum Gasteiger partial charge on any atom is 0.179 e. The van der Waals surface area contributed by atoms with Crippen molar-refractivity contribution in [1.82, 2.24) is 0 Å². The van der Waals surface area contributed by atoms with Crippen LogP contribution in [0.4, 0.5) is 5.69 Å². The minimum Gasteiger partial charge on any atom is -0.490 e. The lowest BCUT2D eigenvalue weighted by Gasteiger charge is -2.13. The Kier molecular flexibility index (Phi) is 7.13. The van der Waals surface area contributed by atoms with Gasteiger partial charge in [-0.2, -0.15) is 0 Å². The lowest BCUT2D eigenvalue weighted by Crippen LogP contribution is -2.01. The topological polar surface area (TPSA) is 30.8 Å². The Morgan fingerprint density at radius 2 is 1.79 bits per heavy atom. The largest absolute Gasteiger partial charge is 0.490 e. The minimum absolute atomic E-state index is 0.539. The summed E-state index contributed by atoms with van der Waals surface area (Å²) in [6.45, 7) is 7.29. The zero-order valence-electron chi connectivity index (χ0n) is 14.5. The number of rotatable bonds is 8. The van der Waals surface area contributed by atoms with Gasteiger partial charge < -0.3 is 9.47 Å². The van der Waals surface area contributed by atoms with Crippen LogP contribution in [0.15, 0.2) is 41.4 Å². The minimum atomic E-state index is 0.539. The van der Waals surface area contributed by atoms with Crippen LogP contribution < -0.4 is 9.47 Å². The molecule has 128 valence electrons. The molecule has 0 saturated heterocycles. The normalized spacial score (nSPS) is 11.0. The number of aliphatic imine (C=N–C) groups is 1. The van der Waals surface area contributed by atoms with Crippen LogP contribution in [0.3, 0.4) is 0 Å². The van der Waals surface area contributed by atoms with Crippen LogP contribution in [-0.4, -0.2) is 19.4 Å². The van der Waals surface area contributed by atoms with E-state index in [4.69, 9.17) is 21.1 Å². The molecule has 2 rings (SSSR count). The van der Waals surface area contributed by atoms with Gasteiger partial charge in [-0.1, -0.05) is 37.6 Å². The summed E-state index contributed by atoms with van der Waals surface area (Å²) in [6.07, 6.45) is 3.73. The first kappa shape index (κ1) is 18.3. The van der Waals surface area contributed by atoms with Gasteiger partial charge in [-0.3, -0.25) is 4.99 Å². The van der Waals surface area contributed by atoms with Gasteiger partial charge in [-0.05, 0) is 55.2 Å². The Balaban J connectivity index is 2.24. The Morgan fingerprint density at radius 1 is 1.04 bits per heavy atom. The molecule has 0 unspecified atom stereocenters. The summed E-state index contributed by atoms with van der Waals surface area (Å²) in [5.41, 5.74) is 3.09. The molecule has 0 bridgehead atoms. The lowest BCUT2D eigenvalue weighted by molar-refractivity contribution is 0.277. The number of aryl methyl sites for hydroxylation is 1. The molecule has 2 aromatic carbocycles. The van der Waals surface area contributed by atoms with E-state index in [-0.39, 0.29) is 0 Å². The first-order valence-electron chi connectivity index (χ1n) is 8.40. The summed E-state index contributed by atoms with van der Waals surface area (Å²) in [6, 6.07) is 12.0. The highest BCUT2D eigenvalue weighted by atomic mass is 35.5. The number of nitrogens with zero attached hydrogens (tertiary/aromatic N) is 1. The van der Waals surface area contributed by atoms with Crippen LogP contribution in [0, 0.1) is 0 Å². The second-order valence-electron chi connectivity index (χ2n) is 5.39. The fourth-order valence-corrected chi connectivity index (χ4v) is 2.51. The zero-order chi connectivity index (χ0) is 17.4. The molecule has 0 fully saturated rings. The monoisotopic (exact) mass is 345 g/mol. The first-order valence-corrected chi connectivity index (χ1v) is 8.77. The van der Waals surface area contributed by atoms with Gasteiger partial charge >= 0.3 is 0 Å². The van der Waals surface area contributed by atoms with Gasteiger partial charge in [-0.25, -0.2) is 0 Å². The van der Waals surface area contributed by atoms with Crippen molar-refractivity contribution in [2.45, 2.75) is 33.6 Å². The maximum atomic E-state index is 6.36. The summed E-state index contributed by atoms with van der Waals surface area (Å²) in [7, 11) is 0. The smallest absolute Gasteiger partial charge is 0.179 e. The van der Waals surface area contributed by atoms with Gasteiger partial charge in [0.05, 0.1) is 23.9 Å². The number of benzene rings is 2. The van der Waals surface area contributed by atoms with E-state index in [9.17, 15) is 0 Å². The van der Waals surface area contributed by atoms with Crippen molar-refractivity contribution in [3.63, 3.8) is 0 Å². The van der Waals surface area contributed by atoms with E-state index in [0.717, 1.165) is 24.1 Å². The van der Waals surface area contributed by atoms with Gasteiger partial charge in [-0.15, -0.1) is 0 Å². The van der Waals surface area contributed by atoms with E-state index in [0.29, 0.717) is 29.7 Å². The highest BCUT2D eigenvalue weighted by Crippen LogP contribution is 2.36. The molecule has 0 aliphatic rings. The first-order chi connectivity index (χ1) is 11.7. The molecule has 0 saturated carbocycles. The zero-order valence-corrected chi connectivity index (χ0v) is 15.3.